The standard InChI is InChI=1S/C18H20BrNO2/c1-10-7-12-14(18(9-20)5-3-4-6-18)16-13(8-11(2)21-16)15(19)17(12)22-10/h7-8H,3-6,9,20H2,1-2H3. The first-order valence-electron chi connectivity index (χ1n) is 7.88. The van der Waals surface area contributed by atoms with E-state index in [1.165, 1.54) is 18.4 Å². The number of hydrogen-bond acceptors (Lipinski definition) is 3. The highest BCUT2D eigenvalue weighted by atomic mass is 79.9. The summed E-state index contributed by atoms with van der Waals surface area (Å²) in [7, 11) is 0. The van der Waals surface area contributed by atoms with Crippen LogP contribution in [0, 0.1) is 13.8 Å². The van der Waals surface area contributed by atoms with Crippen LogP contribution in [0.25, 0.3) is 21.9 Å². The first kappa shape index (κ1) is 14.3. The van der Waals surface area contributed by atoms with E-state index in [9.17, 15) is 0 Å². The second kappa shape index (κ2) is 4.87. The summed E-state index contributed by atoms with van der Waals surface area (Å²) in [5, 5.41) is 2.24. The lowest BCUT2D eigenvalue weighted by Gasteiger charge is -2.28. The lowest BCUT2D eigenvalue weighted by atomic mass is 9.77. The molecule has 3 nitrogen and oxygen atoms in total. The van der Waals surface area contributed by atoms with Crippen LogP contribution in [0.1, 0.15) is 42.8 Å². The molecule has 0 unspecified atom stereocenters. The van der Waals surface area contributed by atoms with Gasteiger partial charge in [-0.15, -0.1) is 0 Å². The summed E-state index contributed by atoms with van der Waals surface area (Å²) in [6, 6.07) is 4.21. The Morgan fingerprint density at radius 1 is 1.05 bits per heavy atom. The van der Waals surface area contributed by atoms with Crippen LogP contribution in [0.5, 0.6) is 0 Å². The summed E-state index contributed by atoms with van der Waals surface area (Å²) in [6.07, 6.45) is 4.71. The number of hydrogen-bond donors (Lipinski definition) is 1. The zero-order valence-electron chi connectivity index (χ0n) is 13.0. The predicted octanol–water partition coefficient (Wildman–Crippen LogP) is 5.33. The summed E-state index contributed by atoms with van der Waals surface area (Å²) in [5.74, 6) is 1.85. The van der Waals surface area contributed by atoms with Crippen LogP contribution in [0.15, 0.2) is 25.4 Å². The van der Waals surface area contributed by atoms with E-state index in [2.05, 4.69) is 28.1 Å². The first-order valence-corrected chi connectivity index (χ1v) is 8.67. The molecule has 116 valence electrons. The number of aryl methyl sites for hydroxylation is 2. The summed E-state index contributed by atoms with van der Waals surface area (Å²) in [6.45, 7) is 4.64. The van der Waals surface area contributed by atoms with Gasteiger partial charge < -0.3 is 14.6 Å². The molecule has 0 saturated heterocycles. The van der Waals surface area contributed by atoms with Gasteiger partial charge in [0.2, 0.25) is 0 Å². The molecule has 1 aliphatic rings. The van der Waals surface area contributed by atoms with Crippen molar-refractivity contribution in [1.82, 2.24) is 0 Å². The second-order valence-electron chi connectivity index (χ2n) is 6.58. The highest BCUT2D eigenvalue weighted by molar-refractivity contribution is 9.10. The molecule has 1 aliphatic carbocycles. The quantitative estimate of drug-likeness (QED) is 0.670. The fraction of sp³-hybridized carbons (Fsp3) is 0.444. The molecule has 2 N–H and O–H groups in total. The smallest absolute Gasteiger partial charge is 0.149 e. The maximum Gasteiger partial charge on any atom is 0.149 e. The third-order valence-electron chi connectivity index (χ3n) is 5.12. The molecule has 0 amide bonds. The zero-order chi connectivity index (χ0) is 15.5. The molecule has 3 aromatic rings. The topological polar surface area (TPSA) is 52.3 Å². The third-order valence-corrected chi connectivity index (χ3v) is 5.91. The second-order valence-corrected chi connectivity index (χ2v) is 7.37. The van der Waals surface area contributed by atoms with Crippen LogP contribution < -0.4 is 5.73 Å². The number of furan rings is 2. The molecule has 22 heavy (non-hydrogen) atoms. The lowest BCUT2D eigenvalue weighted by molar-refractivity contribution is 0.449. The van der Waals surface area contributed by atoms with Crippen LogP contribution in [0.2, 0.25) is 0 Å². The van der Waals surface area contributed by atoms with Crippen LogP contribution >= 0.6 is 15.9 Å². The average Bonchev–Trinajstić information content (AvgIpc) is 3.18. The minimum Gasteiger partial charge on any atom is -0.461 e. The van der Waals surface area contributed by atoms with Crippen molar-refractivity contribution >= 4 is 37.9 Å². The Morgan fingerprint density at radius 2 is 1.64 bits per heavy atom. The molecule has 1 saturated carbocycles. The van der Waals surface area contributed by atoms with Crippen molar-refractivity contribution in [2.75, 3.05) is 6.54 Å². The molecule has 1 fully saturated rings. The van der Waals surface area contributed by atoms with Crippen molar-refractivity contribution in [3.05, 3.63) is 33.7 Å². The van der Waals surface area contributed by atoms with E-state index in [0.29, 0.717) is 6.54 Å². The molecule has 4 rings (SSSR count). The average molecular weight is 362 g/mol. The minimum atomic E-state index is 0.0117. The van der Waals surface area contributed by atoms with Crippen molar-refractivity contribution in [1.29, 1.82) is 0 Å². The molecular formula is C18H20BrNO2. The van der Waals surface area contributed by atoms with Crippen LogP contribution in [-0.2, 0) is 5.41 Å². The van der Waals surface area contributed by atoms with E-state index in [1.54, 1.807) is 0 Å². The molecule has 2 heterocycles. The number of nitrogens with two attached hydrogens (primary N) is 1. The Morgan fingerprint density at radius 3 is 2.27 bits per heavy atom. The molecule has 0 bridgehead atoms. The van der Waals surface area contributed by atoms with E-state index >= 15 is 0 Å². The summed E-state index contributed by atoms with van der Waals surface area (Å²) < 4.78 is 13.1. The van der Waals surface area contributed by atoms with Crippen molar-refractivity contribution in [3.8, 4) is 0 Å². The molecular weight excluding hydrogens is 342 g/mol. The molecule has 2 aromatic heterocycles. The molecule has 0 aliphatic heterocycles. The first-order chi connectivity index (χ1) is 10.6. The normalized spacial score (nSPS) is 17.8. The van der Waals surface area contributed by atoms with Gasteiger partial charge in [0.05, 0.1) is 4.47 Å². The van der Waals surface area contributed by atoms with Crippen LogP contribution in [0.4, 0.5) is 0 Å². The highest BCUT2D eigenvalue weighted by Crippen LogP contribution is 2.49. The Balaban J connectivity index is 2.19. The lowest BCUT2D eigenvalue weighted by Crippen LogP contribution is -2.32. The number of fused-ring (bicyclic) bond motifs is 2. The number of benzene rings is 1. The third kappa shape index (κ3) is 1.83. The van der Waals surface area contributed by atoms with Crippen molar-refractivity contribution in [3.63, 3.8) is 0 Å². The van der Waals surface area contributed by atoms with Crippen LogP contribution in [-0.4, -0.2) is 6.54 Å². The van der Waals surface area contributed by atoms with Gasteiger partial charge >= 0.3 is 0 Å². The predicted molar refractivity (Wildman–Crippen MR) is 92.4 cm³/mol. The number of halogens is 1. The molecule has 1 aromatic carbocycles. The zero-order valence-corrected chi connectivity index (χ0v) is 14.5. The van der Waals surface area contributed by atoms with Gasteiger partial charge in [-0.1, -0.05) is 12.8 Å². The van der Waals surface area contributed by atoms with Crippen molar-refractivity contribution in [2.24, 2.45) is 5.73 Å². The Kier molecular flexibility index (Phi) is 3.17. The Labute approximate surface area is 138 Å². The Hall–Kier alpha value is -1.26. The maximum atomic E-state index is 6.25. The van der Waals surface area contributed by atoms with E-state index in [4.69, 9.17) is 14.6 Å². The monoisotopic (exact) mass is 361 g/mol. The van der Waals surface area contributed by atoms with Gasteiger partial charge in [0.1, 0.15) is 22.7 Å². The van der Waals surface area contributed by atoms with Crippen LogP contribution in [0.3, 0.4) is 0 Å². The van der Waals surface area contributed by atoms with Gasteiger partial charge in [0.15, 0.2) is 0 Å². The van der Waals surface area contributed by atoms with E-state index in [1.807, 2.05) is 13.8 Å². The minimum absolute atomic E-state index is 0.0117. The largest absolute Gasteiger partial charge is 0.461 e. The van der Waals surface area contributed by atoms with E-state index in [-0.39, 0.29) is 5.41 Å². The van der Waals surface area contributed by atoms with Crippen molar-refractivity contribution < 1.29 is 8.83 Å². The highest BCUT2D eigenvalue weighted by Gasteiger charge is 2.39. The fourth-order valence-corrected chi connectivity index (χ4v) is 4.69. The van der Waals surface area contributed by atoms with E-state index < -0.39 is 0 Å². The molecule has 4 heteroatoms. The summed E-state index contributed by atoms with van der Waals surface area (Å²) in [5.41, 5.74) is 9.41. The Bertz CT molecular complexity index is 811. The molecule has 0 radical (unpaired) electrons. The SMILES string of the molecule is Cc1cc2c(C3(CN)CCCC3)c3oc(C)cc3c(Br)c2o1. The fourth-order valence-electron chi connectivity index (χ4n) is 4.11. The van der Waals surface area contributed by atoms with Gasteiger partial charge in [0, 0.05) is 28.3 Å². The van der Waals surface area contributed by atoms with Gasteiger partial charge in [-0.2, -0.15) is 0 Å². The van der Waals surface area contributed by atoms with Gasteiger partial charge in [-0.25, -0.2) is 0 Å². The van der Waals surface area contributed by atoms with E-state index in [0.717, 1.165) is 50.8 Å². The molecule has 0 atom stereocenters. The van der Waals surface area contributed by atoms with Crippen molar-refractivity contribution in [2.45, 2.75) is 44.9 Å². The maximum absolute atomic E-state index is 6.25. The van der Waals surface area contributed by atoms with Gasteiger partial charge in [-0.05, 0) is 54.8 Å². The van der Waals surface area contributed by atoms with Gasteiger partial charge in [-0.3, -0.25) is 0 Å². The van der Waals surface area contributed by atoms with Gasteiger partial charge in [0.25, 0.3) is 0 Å². The number of rotatable bonds is 2. The summed E-state index contributed by atoms with van der Waals surface area (Å²) >= 11 is 3.71. The molecule has 0 spiro atoms. The summed E-state index contributed by atoms with van der Waals surface area (Å²) in [4.78, 5) is 0.